The Labute approximate surface area is 503 Å². The van der Waals surface area contributed by atoms with Gasteiger partial charge in [-0.05, 0) is 74.0 Å². The molecule has 0 spiro atoms. The van der Waals surface area contributed by atoms with E-state index in [1.54, 1.807) is 0 Å². The Morgan fingerprint density at radius 2 is 0.880 bits per heavy atom. The first-order valence-electron chi connectivity index (χ1n) is 32.8. The Morgan fingerprint density at radius 1 is 0.422 bits per heavy atom. The molecule has 0 fully saturated rings. The summed E-state index contributed by atoms with van der Waals surface area (Å²) in [6, 6.07) is 31.0. The molecule has 0 bridgehead atoms. The molecule has 13 heteroatoms. The second-order valence-electron chi connectivity index (χ2n) is 22.0. The van der Waals surface area contributed by atoms with E-state index < -0.39 is 11.7 Å². The van der Waals surface area contributed by atoms with E-state index in [9.17, 15) is 14.4 Å². The second-order valence-corrected chi connectivity index (χ2v) is 22.0. The third kappa shape index (κ3) is 33.3. The smallest absolute Gasteiger partial charge is 0.306 e. The maximum absolute atomic E-state index is 14.3. The van der Waals surface area contributed by atoms with Gasteiger partial charge in [-0.15, -0.1) is 0 Å². The average Bonchev–Trinajstić information content (AvgIpc) is 3.43. The summed E-state index contributed by atoms with van der Waals surface area (Å²) in [4.78, 5) is 41.2. The van der Waals surface area contributed by atoms with Crippen LogP contribution in [0.3, 0.4) is 0 Å². The van der Waals surface area contributed by atoms with Crippen molar-refractivity contribution in [3.63, 3.8) is 0 Å². The van der Waals surface area contributed by atoms with Crippen LogP contribution in [0.25, 0.3) is 0 Å². The number of hydrogen-bond donors (Lipinski definition) is 0. The number of benzene rings is 3. The lowest BCUT2D eigenvalue weighted by molar-refractivity contribution is -0.149. The fourth-order valence-electron chi connectivity index (χ4n) is 10.3. The minimum absolute atomic E-state index is 0.0312. The second kappa shape index (κ2) is 50.0. The number of amides is 1. The highest BCUT2D eigenvalue weighted by Crippen LogP contribution is 2.40. The third-order valence-electron chi connectivity index (χ3n) is 15.3. The molecule has 0 heterocycles. The minimum Gasteiger partial charge on any atom is -0.466 e. The Balaban J connectivity index is 1.42. The zero-order chi connectivity index (χ0) is 59.5. The van der Waals surface area contributed by atoms with E-state index in [2.05, 4.69) is 57.2 Å². The highest BCUT2D eigenvalue weighted by molar-refractivity contribution is 5.81. The highest BCUT2D eigenvalue weighted by atomic mass is 16.6. The third-order valence-corrected chi connectivity index (χ3v) is 15.3. The number of esters is 2. The zero-order valence-corrected chi connectivity index (χ0v) is 52.5. The summed E-state index contributed by atoms with van der Waals surface area (Å²) in [6.45, 7) is 17.0. The van der Waals surface area contributed by atoms with Crippen molar-refractivity contribution in [3.8, 4) is 0 Å². The van der Waals surface area contributed by atoms with Crippen LogP contribution in [0.1, 0.15) is 212 Å². The van der Waals surface area contributed by atoms with Gasteiger partial charge >= 0.3 is 11.9 Å². The highest BCUT2D eigenvalue weighted by Gasteiger charge is 2.37. The fourth-order valence-corrected chi connectivity index (χ4v) is 10.3. The van der Waals surface area contributed by atoms with Crippen LogP contribution < -0.4 is 0 Å². The van der Waals surface area contributed by atoms with Gasteiger partial charge in [0.05, 0.1) is 72.7 Å². The lowest BCUT2D eigenvalue weighted by Gasteiger charge is -2.36. The molecule has 0 radical (unpaired) electrons. The molecule has 0 aliphatic rings. The maximum Gasteiger partial charge on any atom is 0.306 e. The maximum atomic E-state index is 14.3. The van der Waals surface area contributed by atoms with Crippen molar-refractivity contribution in [2.24, 2.45) is 5.92 Å². The lowest BCUT2D eigenvalue weighted by Crippen LogP contribution is -2.45. The van der Waals surface area contributed by atoms with Crippen LogP contribution in [0.2, 0.25) is 0 Å². The van der Waals surface area contributed by atoms with Crippen LogP contribution in [-0.4, -0.2) is 134 Å². The van der Waals surface area contributed by atoms with E-state index in [1.165, 1.54) is 70.6 Å². The molecule has 1 amide bonds. The van der Waals surface area contributed by atoms with Gasteiger partial charge in [0.2, 0.25) is 0 Å². The summed E-state index contributed by atoms with van der Waals surface area (Å²) >= 11 is 0. The standard InChI is InChI=1S/C70H113NO12/c1-6-11-14-15-16-32-46-71(47-51-75-52-53-76-54-55-77-56-57-78-58-59-82-70(62-37-24-17-25-38-62,63-39-26-18-27-40-63)64-41-28-19-29-42-64)69(74)66(80-49-34-21-31-44-68(73)83-65(9-4)10-5)60-79-48-33-20-30-43-67(72)81-50-45-61(35-22-12-7-2)36-23-13-8-3/h17-19,24-29,37-42,61,65-66H,6-16,20-23,30-36,43-60H2,1-5H3. The molecule has 0 N–H and O–H groups in total. The Morgan fingerprint density at radius 3 is 1.41 bits per heavy atom. The number of carbonyl (C=O) groups is 3. The number of unbranched alkanes of at least 4 members (excludes halogenated alkanes) is 13. The topological polar surface area (TPSA) is 138 Å². The molecular formula is C70H113NO12. The Hall–Kier alpha value is -4.21. The molecule has 3 rings (SSSR count). The Bertz CT molecular complexity index is 1860. The van der Waals surface area contributed by atoms with Gasteiger partial charge in [-0.2, -0.15) is 0 Å². The van der Waals surface area contributed by atoms with Gasteiger partial charge < -0.3 is 47.5 Å². The monoisotopic (exact) mass is 1160 g/mol. The molecule has 3 aromatic rings. The normalized spacial score (nSPS) is 12.1. The van der Waals surface area contributed by atoms with Crippen LogP contribution in [0.15, 0.2) is 91.0 Å². The van der Waals surface area contributed by atoms with Crippen LogP contribution >= 0.6 is 0 Å². The van der Waals surface area contributed by atoms with Gasteiger partial charge in [0.1, 0.15) is 11.7 Å². The molecule has 0 aromatic heterocycles. The number of nitrogens with zero attached hydrogens (tertiary/aromatic N) is 1. The van der Waals surface area contributed by atoms with E-state index in [1.807, 2.05) is 73.3 Å². The quantitative estimate of drug-likeness (QED) is 0.0302. The molecule has 0 saturated carbocycles. The molecule has 83 heavy (non-hydrogen) atoms. The van der Waals surface area contributed by atoms with E-state index in [4.69, 9.17) is 42.6 Å². The lowest BCUT2D eigenvalue weighted by atomic mass is 9.80. The molecule has 1 unspecified atom stereocenters. The molecule has 0 aliphatic heterocycles. The van der Waals surface area contributed by atoms with E-state index in [0.717, 1.165) is 80.9 Å². The van der Waals surface area contributed by atoms with Gasteiger partial charge in [-0.1, -0.05) is 222 Å². The minimum atomic E-state index is -0.787. The van der Waals surface area contributed by atoms with E-state index >= 15 is 0 Å². The largest absolute Gasteiger partial charge is 0.466 e. The van der Waals surface area contributed by atoms with E-state index in [0.29, 0.717) is 124 Å². The van der Waals surface area contributed by atoms with Crippen molar-refractivity contribution < 1.29 is 57.0 Å². The van der Waals surface area contributed by atoms with E-state index in [-0.39, 0.29) is 30.6 Å². The van der Waals surface area contributed by atoms with Crippen molar-refractivity contribution >= 4 is 17.8 Å². The summed E-state index contributed by atoms with van der Waals surface area (Å²) in [5.74, 6) is 0.267. The van der Waals surface area contributed by atoms with Crippen molar-refractivity contribution in [1.29, 1.82) is 0 Å². The van der Waals surface area contributed by atoms with Crippen molar-refractivity contribution in [3.05, 3.63) is 108 Å². The molecule has 13 nitrogen and oxygen atoms in total. The first-order chi connectivity index (χ1) is 40.8. The average molecular weight is 1160 g/mol. The summed E-state index contributed by atoms with van der Waals surface area (Å²) in [6.07, 6.45) is 23.7. The summed E-state index contributed by atoms with van der Waals surface area (Å²) < 4.78 is 54.1. The van der Waals surface area contributed by atoms with Gasteiger partial charge in [0.15, 0.2) is 6.10 Å². The molecule has 470 valence electrons. The first-order valence-corrected chi connectivity index (χ1v) is 32.8. The predicted molar refractivity (Wildman–Crippen MR) is 334 cm³/mol. The summed E-state index contributed by atoms with van der Waals surface area (Å²) in [5.41, 5.74) is 2.37. The number of hydrogen-bond acceptors (Lipinski definition) is 12. The summed E-state index contributed by atoms with van der Waals surface area (Å²) in [5, 5.41) is 0. The van der Waals surface area contributed by atoms with Gasteiger partial charge in [0.25, 0.3) is 5.91 Å². The van der Waals surface area contributed by atoms with Gasteiger partial charge in [-0.3, -0.25) is 14.4 Å². The van der Waals surface area contributed by atoms with Crippen LogP contribution in [0.5, 0.6) is 0 Å². The van der Waals surface area contributed by atoms with Crippen molar-refractivity contribution in [1.82, 2.24) is 4.90 Å². The molecule has 0 aliphatic carbocycles. The van der Waals surface area contributed by atoms with Gasteiger partial charge in [-0.25, -0.2) is 0 Å². The number of carbonyl (C=O) groups excluding carboxylic acids is 3. The number of ether oxygens (including phenoxy) is 9. The predicted octanol–water partition coefficient (Wildman–Crippen LogP) is 15.2. The molecule has 1 atom stereocenters. The molecule has 0 saturated heterocycles. The Kier molecular flexibility index (Phi) is 44.0. The molecular weight excluding hydrogens is 1050 g/mol. The van der Waals surface area contributed by atoms with Crippen LogP contribution in [0, 0.1) is 5.92 Å². The van der Waals surface area contributed by atoms with Crippen LogP contribution in [-0.2, 0) is 62.6 Å². The number of rotatable bonds is 56. The van der Waals surface area contributed by atoms with Gasteiger partial charge in [0, 0.05) is 39.1 Å². The first kappa shape index (κ1) is 73.0. The molecule has 3 aromatic carbocycles. The van der Waals surface area contributed by atoms with Crippen molar-refractivity contribution in [2.75, 3.05) is 99.0 Å². The zero-order valence-electron chi connectivity index (χ0n) is 52.5. The van der Waals surface area contributed by atoms with Crippen molar-refractivity contribution in [2.45, 2.75) is 213 Å². The van der Waals surface area contributed by atoms with Crippen LogP contribution in [0.4, 0.5) is 0 Å². The SMILES string of the molecule is CCCCCCCCN(CCOCCOCCOCCOCCOC(c1ccccc1)(c1ccccc1)c1ccccc1)C(=O)C(COCCCCCC(=O)OCCC(CCCCC)CCCCC)OCCCCCC(=O)OC(CC)CC. The summed E-state index contributed by atoms with van der Waals surface area (Å²) in [7, 11) is 0. The fraction of sp³-hybridized carbons (Fsp3) is 0.700.